The van der Waals surface area contributed by atoms with Crippen LogP contribution in [0.15, 0.2) is 72.8 Å². The molecule has 40 heavy (non-hydrogen) atoms. The van der Waals surface area contributed by atoms with Crippen molar-refractivity contribution in [2.45, 2.75) is 52.2 Å². The molecule has 10 heteroatoms. The summed E-state index contributed by atoms with van der Waals surface area (Å²) in [5, 5.41) is 2.71. The molecule has 0 aromatic heterocycles. The highest BCUT2D eigenvalue weighted by molar-refractivity contribution is 7.92. The van der Waals surface area contributed by atoms with Crippen molar-refractivity contribution in [3.8, 4) is 0 Å². The molecule has 0 aliphatic carbocycles. The summed E-state index contributed by atoms with van der Waals surface area (Å²) in [6, 6.07) is 19.3. The summed E-state index contributed by atoms with van der Waals surface area (Å²) >= 11 is 5.93. The van der Waals surface area contributed by atoms with Crippen molar-refractivity contribution in [3.63, 3.8) is 0 Å². The van der Waals surface area contributed by atoms with Crippen LogP contribution >= 0.6 is 11.6 Å². The fourth-order valence-electron chi connectivity index (χ4n) is 4.14. The monoisotopic (exact) mass is 587 g/mol. The van der Waals surface area contributed by atoms with Crippen molar-refractivity contribution in [2.75, 3.05) is 17.1 Å². The molecule has 0 bridgehead atoms. The SMILES string of the molecule is CC[C@H](C)NC(=O)[C@@H](Cc1ccccc1)N(Cc1ccc(C)cc1)C(=O)CN(c1ccc(F)c(Cl)c1)S(C)(=O)=O. The van der Waals surface area contributed by atoms with Crippen molar-refractivity contribution in [3.05, 3.63) is 100 Å². The minimum absolute atomic E-state index is 0.0428. The van der Waals surface area contributed by atoms with Gasteiger partial charge in [0.25, 0.3) is 0 Å². The lowest BCUT2D eigenvalue weighted by atomic mass is 10.0. The van der Waals surface area contributed by atoms with Gasteiger partial charge in [-0.2, -0.15) is 0 Å². The van der Waals surface area contributed by atoms with Gasteiger partial charge in [0.2, 0.25) is 21.8 Å². The average molecular weight is 588 g/mol. The maximum Gasteiger partial charge on any atom is 0.244 e. The zero-order valence-corrected chi connectivity index (χ0v) is 24.7. The summed E-state index contributed by atoms with van der Waals surface area (Å²) in [5.41, 5.74) is 2.71. The predicted molar refractivity (Wildman–Crippen MR) is 157 cm³/mol. The maximum atomic E-state index is 14.0. The highest BCUT2D eigenvalue weighted by Gasteiger charge is 2.33. The normalized spacial score (nSPS) is 12.8. The predicted octanol–water partition coefficient (Wildman–Crippen LogP) is 5.11. The fraction of sp³-hybridized carbons (Fsp3) is 0.333. The van der Waals surface area contributed by atoms with E-state index in [0.717, 1.165) is 39.4 Å². The van der Waals surface area contributed by atoms with Crippen LogP contribution in [-0.4, -0.2) is 50.0 Å². The Morgan fingerprint density at radius 3 is 2.23 bits per heavy atom. The van der Waals surface area contributed by atoms with E-state index in [2.05, 4.69) is 5.32 Å². The van der Waals surface area contributed by atoms with E-state index in [9.17, 15) is 22.4 Å². The average Bonchev–Trinajstić information content (AvgIpc) is 2.91. The highest BCUT2D eigenvalue weighted by atomic mass is 35.5. The molecule has 3 aromatic carbocycles. The number of anilines is 1. The maximum absolute atomic E-state index is 14.0. The van der Waals surface area contributed by atoms with E-state index in [1.54, 1.807) is 0 Å². The van der Waals surface area contributed by atoms with Gasteiger partial charge in [-0.25, -0.2) is 12.8 Å². The molecule has 0 heterocycles. The third kappa shape index (κ3) is 8.53. The molecule has 0 aliphatic rings. The minimum atomic E-state index is -3.98. The van der Waals surface area contributed by atoms with Gasteiger partial charge in [-0.1, -0.05) is 78.7 Å². The second-order valence-corrected chi connectivity index (χ2v) is 12.2. The Balaban J connectivity index is 2.06. The van der Waals surface area contributed by atoms with Crippen LogP contribution in [0.2, 0.25) is 5.02 Å². The van der Waals surface area contributed by atoms with Crippen molar-refractivity contribution >= 4 is 39.1 Å². The number of carbonyl (C=O) groups excluding carboxylic acids is 2. The number of amides is 2. The molecule has 0 saturated heterocycles. The van der Waals surface area contributed by atoms with Crippen molar-refractivity contribution in [2.24, 2.45) is 0 Å². The Morgan fingerprint density at radius 1 is 1.00 bits per heavy atom. The standard InChI is InChI=1S/C30H35ClFN3O4S/c1-5-22(3)33-30(37)28(17-23-9-7-6-8-10-23)34(19-24-13-11-21(2)12-14-24)29(36)20-35(40(4,38)39)25-15-16-27(32)26(31)18-25/h6-16,18,22,28H,5,17,19-20H2,1-4H3,(H,33,37)/t22-,28+/m0/s1. The van der Waals surface area contributed by atoms with E-state index < -0.39 is 34.3 Å². The first-order valence-electron chi connectivity index (χ1n) is 13.0. The molecule has 3 aromatic rings. The molecule has 3 rings (SSSR count). The summed E-state index contributed by atoms with van der Waals surface area (Å²) in [4.78, 5) is 29.1. The van der Waals surface area contributed by atoms with Gasteiger partial charge in [0, 0.05) is 19.0 Å². The van der Waals surface area contributed by atoms with Gasteiger partial charge in [-0.3, -0.25) is 13.9 Å². The van der Waals surface area contributed by atoms with Gasteiger partial charge in [0.15, 0.2) is 0 Å². The molecule has 7 nitrogen and oxygen atoms in total. The highest BCUT2D eigenvalue weighted by Crippen LogP contribution is 2.25. The lowest BCUT2D eigenvalue weighted by molar-refractivity contribution is -0.140. The van der Waals surface area contributed by atoms with Crippen LogP contribution in [0.5, 0.6) is 0 Å². The second kappa shape index (κ2) is 13.8. The van der Waals surface area contributed by atoms with Crippen LogP contribution in [0, 0.1) is 12.7 Å². The zero-order chi connectivity index (χ0) is 29.4. The zero-order valence-electron chi connectivity index (χ0n) is 23.1. The number of halogens is 2. The Morgan fingerprint density at radius 2 is 1.65 bits per heavy atom. The summed E-state index contributed by atoms with van der Waals surface area (Å²) < 4.78 is 40.3. The van der Waals surface area contributed by atoms with E-state index in [0.29, 0.717) is 6.42 Å². The van der Waals surface area contributed by atoms with E-state index in [1.165, 1.54) is 11.0 Å². The number of benzene rings is 3. The molecule has 0 unspecified atom stereocenters. The molecule has 0 radical (unpaired) electrons. The van der Waals surface area contributed by atoms with Gasteiger partial charge in [-0.15, -0.1) is 0 Å². The van der Waals surface area contributed by atoms with Crippen molar-refractivity contribution in [1.29, 1.82) is 0 Å². The lowest BCUT2D eigenvalue weighted by Gasteiger charge is -2.34. The van der Waals surface area contributed by atoms with Crippen molar-refractivity contribution in [1.82, 2.24) is 10.2 Å². The number of hydrogen-bond acceptors (Lipinski definition) is 4. The third-order valence-corrected chi connectivity index (χ3v) is 8.05. The Hall–Kier alpha value is -3.43. The molecular weight excluding hydrogens is 553 g/mol. The molecule has 0 aliphatic heterocycles. The smallest absolute Gasteiger partial charge is 0.244 e. The van der Waals surface area contributed by atoms with E-state index in [4.69, 9.17) is 11.6 Å². The first kappa shape index (κ1) is 31.1. The largest absolute Gasteiger partial charge is 0.352 e. The number of sulfonamides is 1. The molecule has 2 amide bonds. The van der Waals surface area contributed by atoms with E-state index in [1.807, 2.05) is 75.4 Å². The molecular formula is C30H35ClFN3O4S. The van der Waals surface area contributed by atoms with Crippen LogP contribution in [0.4, 0.5) is 10.1 Å². The van der Waals surface area contributed by atoms with E-state index in [-0.39, 0.29) is 35.6 Å². The Bertz CT molecular complexity index is 1420. The van der Waals surface area contributed by atoms with Crippen LogP contribution < -0.4 is 9.62 Å². The second-order valence-electron chi connectivity index (χ2n) is 9.90. The van der Waals surface area contributed by atoms with Crippen LogP contribution in [-0.2, 0) is 32.6 Å². The number of rotatable bonds is 12. The topological polar surface area (TPSA) is 86.8 Å². The molecule has 2 atom stereocenters. The Labute approximate surface area is 241 Å². The first-order valence-corrected chi connectivity index (χ1v) is 15.2. The van der Waals surface area contributed by atoms with Gasteiger partial charge >= 0.3 is 0 Å². The van der Waals surface area contributed by atoms with Crippen LogP contribution in [0.1, 0.15) is 37.0 Å². The fourth-order valence-corrected chi connectivity index (χ4v) is 5.16. The van der Waals surface area contributed by atoms with Gasteiger partial charge in [0.1, 0.15) is 18.4 Å². The molecule has 214 valence electrons. The number of nitrogens with one attached hydrogen (secondary N) is 1. The molecule has 0 fully saturated rings. The third-order valence-electron chi connectivity index (χ3n) is 6.62. The molecule has 0 spiro atoms. The van der Waals surface area contributed by atoms with Gasteiger partial charge in [0.05, 0.1) is 17.0 Å². The summed E-state index contributed by atoms with van der Waals surface area (Å²) in [7, 11) is -3.98. The van der Waals surface area contributed by atoms with Crippen molar-refractivity contribution < 1.29 is 22.4 Å². The molecule has 0 saturated carbocycles. The lowest BCUT2D eigenvalue weighted by Crippen LogP contribution is -2.54. The summed E-state index contributed by atoms with van der Waals surface area (Å²) in [6.07, 6.45) is 1.88. The van der Waals surface area contributed by atoms with E-state index >= 15 is 0 Å². The minimum Gasteiger partial charge on any atom is -0.352 e. The Kier molecular flexibility index (Phi) is 10.7. The number of nitrogens with zero attached hydrogens (tertiary/aromatic N) is 2. The summed E-state index contributed by atoms with van der Waals surface area (Å²) in [6.45, 7) is 5.25. The first-order chi connectivity index (χ1) is 18.9. The number of carbonyl (C=O) groups is 2. The quantitative estimate of drug-likeness (QED) is 0.319. The van der Waals surface area contributed by atoms with Gasteiger partial charge < -0.3 is 10.2 Å². The number of hydrogen-bond donors (Lipinski definition) is 1. The summed E-state index contributed by atoms with van der Waals surface area (Å²) in [5.74, 6) is -1.64. The van der Waals surface area contributed by atoms with Crippen LogP contribution in [0.3, 0.4) is 0 Å². The van der Waals surface area contributed by atoms with Crippen LogP contribution in [0.25, 0.3) is 0 Å². The van der Waals surface area contributed by atoms with Gasteiger partial charge in [-0.05, 0) is 49.6 Å². The number of aryl methyl sites for hydroxylation is 1. The molecule has 1 N–H and O–H groups in total.